The van der Waals surface area contributed by atoms with Crippen molar-refractivity contribution in [2.45, 2.75) is 13.0 Å². The van der Waals surface area contributed by atoms with Crippen molar-refractivity contribution in [3.8, 4) is 0 Å². The van der Waals surface area contributed by atoms with Gasteiger partial charge in [-0.15, -0.1) is 0 Å². The highest BCUT2D eigenvalue weighted by atomic mass is 16.5. The zero-order chi connectivity index (χ0) is 11.6. The van der Waals surface area contributed by atoms with Crippen LogP contribution < -0.4 is 11.2 Å². The number of hydrogen-bond acceptors (Lipinski definition) is 5. The Balaban J connectivity index is 1.91. The molecule has 2 rings (SSSR count). The standard InChI is InChI=1S/C10H19N3O3/c1-10(7-16-6-8(10)11)9(14)12-13-2-4-15-5-3-13/h8H,2-7,11H2,1H3,(H,12,14). The second-order valence-electron chi connectivity index (χ2n) is 4.58. The largest absolute Gasteiger partial charge is 0.379 e. The van der Waals surface area contributed by atoms with Crippen LogP contribution in [0, 0.1) is 5.41 Å². The zero-order valence-corrected chi connectivity index (χ0v) is 9.57. The van der Waals surface area contributed by atoms with Gasteiger partial charge < -0.3 is 15.2 Å². The van der Waals surface area contributed by atoms with E-state index in [9.17, 15) is 4.79 Å². The van der Waals surface area contributed by atoms with Gasteiger partial charge in [-0.3, -0.25) is 10.2 Å². The monoisotopic (exact) mass is 229 g/mol. The first-order valence-electron chi connectivity index (χ1n) is 5.60. The summed E-state index contributed by atoms with van der Waals surface area (Å²) in [5, 5.41) is 1.88. The average molecular weight is 229 g/mol. The van der Waals surface area contributed by atoms with E-state index >= 15 is 0 Å². The van der Waals surface area contributed by atoms with Gasteiger partial charge in [-0.1, -0.05) is 0 Å². The van der Waals surface area contributed by atoms with E-state index in [2.05, 4.69) is 5.43 Å². The molecule has 6 heteroatoms. The molecule has 2 fully saturated rings. The third-order valence-electron chi connectivity index (χ3n) is 3.31. The number of amides is 1. The van der Waals surface area contributed by atoms with Gasteiger partial charge in [0.05, 0.1) is 31.8 Å². The Kier molecular flexibility index (Phi) is 3.44. The molecule has 0 spiro atoms. The molecule has 1 amide bonds. The van der Waals surface area contributed by atoms with Crippen molar-refractivity contribution >= 4 is 5.91 Å². The van der Waals surface area contributed by atoms with Gasteiger partial charge in [-0.25, -0.2) is 5.01 Å². The van der Waals surface area contributed by atoms with Gasteiger partial charge >= 0.3 is 0 Å². The number of carbonyl (C=O) groups excluding carboxylic acids is 1. The first-order chi connectivity index (χ1) is 7.63. The number of carbonyl (C=O) groups is 1. The molecular weight excluding hydrogens is 210 g/mol. The maximum Gasteiger partial charge on any atom is 0.244 e. The lowest BCUT2D eigenvalue weighted by molar-refractivity contribution is -0.137. The fourth-order valence-corrected chi connectivity index (χ4v) is 1.87. The molecule has 0 saturated carbocycles. The van der Waals surface area contributed by atoms with Crippen molar-refractivity contribution in [3.63, 3.8) is 0 Å². The Labute approximate surface area is 95.0 Å². The maximum atomic E-state index is 12.1. The smallest absolute Gasteiger partial charge is 0.244 e. The highest BCUT2D eigenvalue weighted by molar-refractivity contribution is 5.83. The average Bonchev–Trinajstić information content (AvgIpc) is 2.62. The topological polar surface area (TPSA) is 76.8 Å². The Morgan fingerprint density at radius 2 is 2.12 bits per heavy atom. The Hall–Kier alpha value is -0.690. The van der Waals surface area contributed by atoms with Gasteiger partial charge in [-0.05, 0) is 6.92 Å². The molecule has 6 nitrogen and oxygen atoms in total. The van der Waals surface area contributed by atoms with Crippen LogP contribution in [0.1, 0.15) is 6.92 Å². The summed E-state index contributed by atoms with van der Waals surface area (Å²) in [5.74, 6) is -0.0561. The van der Waals surface area contributed by atoms with Crippen molar-refractivity contribution in [2.24, 2.45) is 11.1 Å². The van der Waals surface area contributed by atoms with Crippen molar-refractivity contribution in [1.82, 2.24) is 10.4 Å². The number of ether oxygens (including phenoxy) is 2. The van der Waals surface area contributed by atoms with Crippen LogP contribution >= 0.6 is 0 Å². The molecule has 2 atom stereocenters. The van der Waals surface area contributed by atoms with Crippen molar-refractivity contribution in [2.75, 3.05) is 39.5 Å². The lowest BCUT2D eigenvalue weighted by atomic mass is 9.85. The molecular formula is C10H19N3O3. The summed E-state index contributed by atoms with van der Waals surface area (Å²) in [4.78, 5) is 12.1. The number of nitrogens with zero attached hydrogens (tertiary/aromatic N) is 1. The second kappa shape index (κ2) is 4.67. The summed E-state index contributed by atoms with van der Waals surface area (Å²) >= 11 is 0. The van der Waals surface area contributed by atoms with Crippen LogP contribution in [0.15, 0.2) is 0 Å². The molecule has 0 bridgehead atoms. The van der Waals surface area contributed by atoms with E-state index in [0.717, 1.165) is 13.1 Å². The summed E-state index contributed by atoms with van der Waals surface area (Å²) in [7, 11) is 0. The van der Waals surface area contributed by atoms with Crippen LogP contribution in [-0.2, 0) is 14.3 Å². The Morgan fingerprint density at radius 1 is 1.44 bits per heavy atom. The summed E-state index contributed by atoms with van der Waals surface area (Å²) in [5.41, 5.74) is 8.16. The zero-order valence-electron chi connectivity index (χ0n) is 9.57. The minimum Gasteiger partial charge on any atom is -0.379 e. The number of morpholine rings is 1. The van der Waals surface area contributed by atoms with Crippen LogP contribution in [0.5, 0.6) is 0 Å². The Morgan fingerprint density at radius 3 is 2.69 bits per heavy atom. The molecule has 2 aliphatic heterocycles. The van der Waals surface area contributed by atoms with Gasteiger partial charge in [0.15, 0.2) is 0 Å². The third kappa shape index (κ3) is 2.20. The molecule has 0 radical (unpaired) electrons. The second-order valence-corrected chi connectivity index (χ2v) is 4.58. The van der Waals surface area contributed by atoms with Crippen LogP contribution in [0.2, 0.25) is 0 Å². The molecule has 0 aliphatic carbocycles. The molecule has 92 valence electrons. The molecule has 0 aromatic heterocycles. The number of hydrazine groups is 1. The molecule has 2 saturated heterocycles. The van der Waals surface area contributed by atoms with E-state index in [4.69, 9.17) is 15.2 Å². The number of hydrogen-bond donors (Lipinski definition) is 2. The number of nitrogens with one attached hydrogen (secondary N) is 1. The molecule has 2 heterocycles. The highest BCUT2D eigenvalue weighted by Crippen LogP contribution is 2.27. The maximum absolute atomic E-state index is 12.1. The summed E-state index contributed by atoms with van der Waals surface area (Å²) in [6.07, 6.45) is 0. The third-order valence-corrected chi connectivity index (χ3v) is 3.31. The quantitative estimate of drug-likeness (QED) is 0.616. The molecule has 0 aromatic rings. The van der Waals surface area contributed by atoms with Gasteiger partial charge in [0.25, 0.3) is 0 Å². The highest BCUT2D eigenvalue weighted by Gasteiger charge is 2.44. The Bertz CT molecular complexity index is 268. The normalized spacial score (nSPS) is 36.2. The van der Waals surface area contributed by atoms with Crippen molar-refractivity contribution < 1.29 is 14.3 Å². The van der Waals surface area contributed by atoms with Crippen molar-refractivity contribution in [3.05, 3.63) is 0 Å². The van der Waals surface area contributed by atoms with Crippen LogP contribution in [0.3, 0.4) is 0 Å². The predicted molar refractivity (Wildman–Crippen MR) is 57.4 cm³/mol. The SMILES string of the molecule is CC1(C(=O)NN2CCOCC2)COCC1N. The lowest BCUT2D eigenvalue weighted by Crippen LogP contribution is -2.56. The first kappa shape index (κ1) is 11.8. The van der Waals surface area contributed by atoms with Crippen molar-refractivity contribution in [1.29, 1.82) is 0 Å². The van der Waals surface area contributed by atoms with E-state index < -0.39 is 5.41 Å². The van der Waals surface area contributed by atoms with Gasteiger partial charge in [0.1, 0.15) is 0 Å². The fraction of sp³-hybridized carbons (Fsp3) is 0.900. The molecule has 3 N–H and O–H groups in total. The summed E-state index contributed by atoms with van der Waals surface area (Å²) < 4.78 is 10.5. The predicted octanol–water partition coefficient (Wildman–Crippen LogP) is -1.29. The van der Waals surface area contributed by atoms with E-state index in [1.54, 1.807) is 0 Å². The van der Waals surface area contributed by atoms with E-state index in [1.165, 1.54) is 0 Å². The molecule has 0 aromatic carbocycles. The van der Waals surface area contributed by atoms with E-state index in [1.807, 2.05) is 11.9 Å². The summed E-state index contributed by atoms with van der Waals surface area (Å²) in [6.45, 7) is 5.44. The van der Waals surface area contributed by atoms with Crippen LogP contribution in [-0.4, -0.2) is 56.5 Å². The minimum atomic E-state index is -0.613. The van der Waals surface area contributed by atoms with Crippen LogP contribution in [0.25, 0.3) is 0 Å². The van der Waals surface area contributed by atoms with Crippen LogP contribution in [0.4, 0.5) is 0 Å². The number of nitrogens with two attached hydrogens (primary N) is 1. The van der Waals surface area contributed by atoms with Gasteiger partial charge in [-0.2, -0.15) is 0 Å². The van der Waals surface area contributed by atoms with Gasteiger partial charge in [0.2, 0.25) is 5.91 Å². The molecule has 16 heavy (non-hydrogen) atoms. The first-order valence-corrected chi connectivity index (χ1v) is 5.60. The molecule has 2 unspecified atom stereocenters. The molecule has 2 aliphatic rings. The van der Waals surface area contributed by atoms with E-state index in [0.29, 0.717) is 26.4 Å². The summed E-state index contributed by atoms with van der Waals surface area (Å²) in [6, 6.07) is -0.228. The number of rotatable bonds is 2. The lowest BCUT2D eigenvalue weighted by Gasteiger charge is -2.32. The van der Waals surface area contributed by atoms with E-state index in [-0.39, 0.29) is 11.9 Å². The van der Waals surface area contributed by atoms with Gasteiger partial charge in [0, 0.05) is 19.1 Å². The fourth-order valence-electron chi connectivity index (χ4n) is 1.87. The minimum absolute atomic E-state index is 0.0561.